The summed E-state index contributed by atoms with van der Waals surface area (Å²) in [6.45, 7) is 0. The molecule has 10 aromatic rings. The molecule has 1 nitrogen and oxygen atoms in total. The molecule has 1 heteroatoms. The van der Waals surface area contributed by atoms with Gasteiger partial charge in [0.1, 0.15) is 0 Å². The Kier molecular flexibility index (Phi) is 7.55. The highest BCUT2D eigenvalue weighted by molar-refractivity contribution is 6.17. The lowest BCUT2D eigenvalue weighted by Crippen LogP contribution is -2.10. The predicted molar refractivity (Wildman–Crippen MR) is 227 cm³/mol. The van der Waals surface area contributed by atoms with Crippen LogP contribution in [0.2, 0.25) is 0 Å². The molecule has 53 heavy (non-hydrogen) atoms. The minimum atomic E-state index is 1.11. The summed E-state index contributed by atoms with van der Waals surface area (Å²) in [5, 5.41) is 10.2. The molecule has 0 bridgehead atoms. The molecule has 0 amide bonds. The van der Waals surface area contributed by atoms with Gasteiger partial charge >= 0.3 is 0 Å². The molecule has 0 aliphatic carbocycles. The number of hydrogen-bond donors (Lipinski definition) is 0. The van der Waals surface area contributed by atoms with Crippen molar-refractivity contribution in [2.45, 2.75) is 0 Å². The van der Waals surface area contributed by atoms with Gasteiger partial charge in [0.15, 0.2) is 0 Å². The van der Waals surface area contributed by atoms with Gasteiger partial charge in [0.25, 0.3) is 0 Å². The second kappa shape index (κ2) is 13.0. The number of fused-ring (bicyclic) bond motifs is 6. The fourth-order valence-corrected chi connectivity index (χ4v) is 7.87. The van der Waals surface area contributed by atoms with Crippen LogP contribution in [0.1, 0.15) is 0 Å². The van der Waals surface area contributed by atoms with Crippen molar-refractivity contribution in [3.63, 3.8) is 0 Å². The molecule has 0 saturated heterocycles. The van der Waals surface area contributed by atoms with Crippen LogP contribution < -0.4 is 4.90 Å². The molecular formula is C52H35N. The van der Waals surface area contributed by atoms with E-state index in [9.17, 15) is 0 Å². The first-order valence-corrected chi connectivity index (χ1v) is 18.2. The summed E-state index contributed by atoms with van der Waals surface area (Å²) >= 11 is 0. The number of hydrogen-bond acceptors (Lipinski definition) is 1. The van der Waals surface area contributed by atoms with Crippen molar-refractivity contribution in [3.05, 3.63) is 212 Å². The van der Waals surface area contributed by atoms with Gasteiger partial charge in [-0.15, -0.1) is 0 Å². The molecule has 0 atom stereocenters. The smallest absolute Gasteiger partial charge is 0.0467 e. The van der Waals surface area contributed by atoms with E-state index in [1.54, 1.807) is 0 Å². The Morgan fingerprint density at radius 2 is 0.679 bits per heavy atom. The summed E-state index contributed by atoms with van der Waals surface area (Å²) < 4.78 is 0. The van der Waals surface area contributed by atoms with Gasteiger partial charge in [-0.3, -0.25) is 0 Å². The van der Waals surface area contributed by atoms with E-state index in [1.165, 1.54) is 76.5 Å². The fraction of sp³-hybridized carbons (Fsp3) is 0. The van der Waals surface area contributed by atoms with Crippen molar-refractivity contribution in [1.82, 2.24) is 0 Å². The van der Waals surface area contributed by atoms with E-state index in [1.807, 2.05) is 0 Å². The van der Waals surface area contributed by atoms with Gasteiger partial charge < -0.3 is 4.90 Å². The molecule has 10 aromatic carbocycles. The highest BCUT2D eigenvalue weighted by atomic mass is 15.1. The molecular weight excluding hydrogens is 639 g/mol. The van der Waals surface area contributed by atoms with Crippen molar-refractivity contribution < 1.29 is 0 Å². The van der Waals surface area contributed by atoms with Crippen LogP contribution in [0, 0.1) is 0 Å². The Bertz CT molecular complexity index is 2920. The highest BCUT2D eigenvalue weighted by Crippen LogP contribution is 2.39. The number of anilines is 3. The molecule has 0 heterocycles. The average Bonchev–Trinajstić information content (AvgIpc) is 3.24. The summed E-state index contributed by atoms with van der Waals surface area (Å²) in [7, 11) is 0. The Morgan fingerprint density at radius 1 is 0.208 bits per heavy atom. The van der Waals surface area contributed by atoms with Crippen LogP contribution in [0.3, 0.4) is 0 Å². The Balaban J connectivity index is 1.05. The molecule has 0 spiro atoms. The largest absolute Gasteiger partial charge is 0.310 e. The maximum Gasteiger partial charge on any atom is 0.0467 e. The second-order valence-electron chi connectivity index (χ2n) is 13.8. The maximum atomic E-state index is 2.36. The first-order chi connectivity index (χ1) is 26.2. The van der Waals surface area contributed by atoms with Crippen LogP contribution in [0.25, 0.3) is 76.5 Å². The van der Waals surface area contributed by atoms with Gasteiger partial charge in [0.05, 0.1) is 0 Å². The Hall–Kier alpha value is -6.96. The van der Waals surface area contributed by atoms with Crippen LogP contribution in [0.15, 0.2) is 212 Å². The van der Waals surface area contributed by atoms with Gasteiger partial charge in [-0.2, -0.15) is 0 Å². The van der Waals surface area contributed by atoms with Gasteiger partial charge in [0, 0.05) is 17.1 Å². The fourth-order valence-electron chi connectivity index (χ4n) is 7.87. The summed E-state index contributed by atoms with van der Waals surface area (Å²) in [4.78, 5) is 2.36. The topological polar surface area (TPSA) is 3.24 Å². The summed E-state index contributed by atoms with van der Waals surface area (Å²) in [6.07, 6.45) is 0. The van der Waals surface area contributed by atoms with Crippen molar-refractivity contribution in [2.24, 2.45) is 0 Å². The molecule has 0 aliphatic heterocycles. The molecule has 0 aromatic heterocycles. The SMILES string of the molecule is c1ccc(-c2cccc(N(c3ccc(-c4ccc5ccccc5c4)cc3)c3ccc(-c4ccc5ccc6c7ccccc7ccc6c5c4)cc3)c2)cc1. The zero-order valence-electron chi connectivity index (χ0n) is 29.2. The van der Waals surface area contributed by atoms with E-state index in [-0.39, 0.29) is 0 Å². The summed E-state index contributed by atoms with van der Waals surface area (Å²) in [5.74, 6) is 0. The second-order valence-corrected chi connectivity index (χ2v) is 13.8. The standard InChI is InChI=1S/C52H35N/c1-2-9-36(10-3-1)43-14-8-15-48(34-43)53(46-27-21-38(22-28-46)44-19-17-37-11-4-5-13-42(37)33-44)47-29-23-39(24-30-47)45-20-18-41-26-31-50-49-16-7-6-12-40(49)25-32-51(50)52(41)35-45/h1-35H. The van der Waals surface area contributed by atoms with Crippen LogP contribution >= 0.6 is 0 Å². The van der Waals surface area contributed by atoms with E-state index < -0.39 is 0 Å². The van der Waals surface area contributed by atoms with E-state index in [2.05, 4.69) is 217 Å². The third-order valence-electron chi connectivity index (χ3n) is 10.6. The third kappa shape index (κ3) is 5.69. The minimum absolute atomic E-state index is 1.11. The lowest BCUT2D eigenvalue weighted by Gasteiger charge is -2.26. The van der Waals surface area contributed by atoms with E-state index in [0.29, 0.717) is 0 Å². The van der Waals surface area contributed by atoms with Crippen molar-refractivity contribution in [1.29, 1.82) is 0 Å². The highest BCUT2D eigenvalue weighted by Gasteiger charge is 2.15. The Morgan fingerprint density at radius 3 is 1.40 bits per heavy atom. The monoisotopic (exact) mass is 673 g/mol. The maximum absolute atomic E-state index is 2.36. The average molecular weight is 674 g/mol. The van der Waals surface area contributed by atoms with E-state index >= 15 is 0 Å². The summed E-state index contributed by atoms with van der Waals surface area (Å²) in [6, 6.07) is 77.2. The first-order valence-electron chi connectivity index (χ1n) is 18.2. The third-order valence-corrected chi connectivity index (χ3v) is 10.6. The molecule has 10 rings (SSSR count). The quantitative estimate of drug-likeness (QED) is 0.159. The van der Waals surface area contributed by atoms with Gasteiger partial charge in [-0.25, -0.2) is 0 Å². The lowest BCUT2D eigenvalue weighted by atomic mass is 9.94. The number of rotatable bonds is 6. The van der Waals surface area contributed by atoms with Crippen molar-refractivity contribution >= 4 is 60.2 Å². The van der Waals surface area contributed by atoms with Crippen LogP contribution in [0.5, 0.6) is 0 Å². The van der Waals surface area contributed by atoms with Crippen molar-refractivity contribution in [3.8, 4) is 33.4 Å². The van der Waals surface area contributed by atoms with E-state index in [0.717, 1.165) is 17.1 Å². The van der Waals surface area contributed by atoms with Gasteiger partial charge in [-0.1, -0.05) is 164 Å². The predicted octanol–water partition coefficient (Wildman–Crippen LogP) is 14.8. The van der Waals surface area contributed by atoms with Crippen LogP contribution in [0.4, 0.5) is 17.1 Å². The van der Waals surface area contributed by atoms with Gasteiger partial charge in [0.2, 0.25) is 0 Å². The zero-order chi connectivity index (χ0) is 35.1. The minimum Gasteiger partial charge on any atom is -0.310 e. The molecule has 0 fully saturated rings. The number of benzene rings is 10. The van der Waals surface area contributed by atoms with Gasteiger partial charge in [-0.05, 0) is 125 Å². The van der Waals surface area contributed by atoms with E-state index in [4.69, 9.17) is 0 Å². The van der Waals surface area contributed by atoms with Crippen LogP contribution in [-0.4, -0.2) is 0 Å². The normalized spacial score (nSPS) is 11.4. The number of nitrogens with zero attached hydrogens (tertiary/aromatic N) is 1. The lowest BCUT2D eigenvalue weighted by molar-refractivity contribution is 1.28. The molecule has 248 valence electrons. The zero-order valence-corrected chi connectivity index (χ0v) is 29.2. The van der Waals surface area contributed by atoms with Crippen molar-refractivity contribution in [2.75, 3.05) is 4.90 Å². The first kappa shape index (κ1) is 30.8. The molecule has 0 aliphatic rings. The molecule has 0 unspecified atom stereocenters. The molecule has 0 radical (unpaired) electrons. The molecule has 0 saturated carbocycles. The summed E-state index contributed by atoms with van der Waals surface area (Å²) in [5.41, 5.74) is 10.5. The van der Waals surface area contributed by atoms with Crippen LogP contribution in [-0.2, 0) is 0 Å². The molecule has 0 N–H and O–H groups in total. The Labute approximate surface area is 309 Å².